The fourth-order valence-corrected chi connectivity index (χ4v) is 4.04. The van der Waals surface area contributed by atoms with Crippen LogP contribution in [0.1, 0.15) is 10.4 Å². The molecule has 1 amide bonds. The monoisotopic (exact) mass is 454 g/mol. The van der Waals surface area contributed by atoms with Crippen molar-refractivity contribution in [2.24, 2.45) is 0 Å². The Balaban J connectivity index is 1.62. The van der Waals surface area contributed by atoms with Gasteiger partial charge in [0.05, 0.1) is 28.9 Å². The second-order valence-electron chi connectivity index (χ2n) is 6.66. The van der Waals surface area contributed by atoms with Gasteiger partial charge < -0.3 is 14.8 Å². The van der Waals surface area contributed by atoms with E-state index < -0.39 is 28.5 Å². The van der Waals surface area contributed by atoms with Crippen molar-refractivity contribution in [3.05, 3.63) is 84.4 Å². The molecule has 9 heteroatoms. The van der Waals surface area contributed by atoms with Gasteiger partial charge in [0.25, 0.3) is 15.9 Å². The number of carbonyl (C=O) groups is 2. The molecule has 32 heavy (non-hydrogen) atoms. The summed E-state index contributed by atoms with van der Waals surface area (Å²) in [6.07, 6.45) is 0. The Bertz CT molecular complexity index is 1190. The molecular weight excluding hydrogens is 432 g/mol. The molecule has 1 N–H and O–H groups in total. The minimum atomic E-state index is -3.80. The Morgan fingerprint density at radius 1 is 0.906 bits per heavy atom. The number of hydrogen-bond donors (Lipinski definition) is 1. The molecule has 0 radical (unpaired) electrons. The largest absolute Gasteiger partial charge is 0.495 e. The molecule has 0 atom stereocenters. The van der Waals surface area contributed by atoms with E-state index in [9.17, 15) is 18.0 Å². The van der Waals surface area contributed by atoms with Crippen LogP contribution < -0.4 is 14.4 Å². The lowest BCUT2D eigenvalue weighted by Crippen LogP contribution is -2.26. The van der Waals surface area contributed by atoms with Crippen LogP contribution >= 0.6 is 0 Å². The van der Waals surface area contributed by atoms with E-state index in [0.29, 0.717) is 17.1 Å². The van der Waals surface area contributed by atoms with E-state index in [4.69, 9.17) is 9.47 Å². The van der Waals surface area contributed by atoms with Gasteiger partial charge in [-0.15, -0.1) is 0 Å². The molecule has 3 rings (SSSR count). The summed E-state index contributed by atoms with van der Waals surface area (Å²) in [4.78, 5) is 24.4. The highest BCUT2D eigenvalue weighted by Gasteiger charge is 2.22. The molecular formula is C23H22N2O6S. The number of nitrogens with one attached hydrogen (secondary N) is 1. The smallest absolute Gasteiger partial charge is 0.338 e. The van der Waals surface area contributed by atoms with Gasteiger partial charge in [-0.2, -0.15) is 0 Å². The minimum absolute atomic E-state index is 0.0225. The van der Waals surface area contributed by atoms with E-state index >= 15 is 0 Å². The van der Waals surface area contributed by atoms with Crippen LogP contribution in [0.5, 0.6) is 5.75 Å². The first-order chi connectivity index (χ1) is 15.3. The van der Waals surface area contributed by atoms with Crippen molar-refractivity contribution >= 4 is 33.3 Å². The number of methoxy groups -OCH3 is 1. The lowest BCUT2D eigenvalue weighted by atomic mass is 10.2. The third kappa shape index (κ3) is 5.25. The first kappa shape index (κ1) is 22.8. The average Bonchev–Trinajstić information content (AvgIpc) is 2.83. The van der Waals surface area contributed by atoms with Crippen LogP contribution in [0, 0.1) is 0 Å². The lowest BCUT2D eigenvalue weighted by Gasteiger charge is -2.19. The zero-order chi connectivity index (χ0) is 23.1. The Kier molecular flexibility index (Phi) is 7.11. The predicted molar refractivity (Wildman–Crippen MR) is 120 cm³/mol. The van der Waals surface area contributed by atoms with E-state index in [1.165, 1.54) is 38.4 Å². The van der Waals surface area contributed by atoms with Crippen molar-refractivity contribution in [1.82, 2.24) is 0 Å². The molecule has 0 saturated carbocycles. The summed E-state index contributed by atoms with van der Waals surface area (Å²) in [5.41, 5.74) is 1.08. The molecule has 0 heterocycles. The number of sulfonamides is 1. The number of ether oxygens (including phenoxy) is 2. The Morgan fingerprint density at radius 2 is 1.53 bits per heavy atom. The highest BCUT2D eigenvalue weighted by Crippen LogP contribution is 2.23. The summed E-state index contributed by atoms with van der Waals surface area (Å²) in [5, 5.41) is 2.60. The molecule has 0 bridgehead atoms. The van der Waals surface area contributed by atoms with E-state index in [1.807, 2.05) is 0 Å². The van der Waals surface area contributed by atoms with Gasteiger partial charge >= 0.3 is 5.97 Å². The van der Waals surface area contributed by atoms with Crippen molar-refractivity contribution in [2.75, 3.05) is 30.4 Å². The molecule has 3 aromatic carbocycles. The number of amides is 1. The first-order valence-electron chi connectivity index (χ1n) is 9.57. The van der Waals surface area contributed by atoms with E-state index in [2.05, 4.69) is 5.32 Å². The number of anilines is 2. The van der Waals surface area contributed by atoms with Gasteiger partial charge in [-0.1, -0.05) is 30.3 Å². The van der Waals surface area contributed by atoms with E-state index in [-0.39, 0.29) is 10.5 Å². The normalized spacial score (nSPS) is 10.8. The quantitative estimate of drug-likeness (QED) is 0.524. The van der Waals surface area contributed by atoms with Crippen molar-refractivity contribution in [1.29, 1.82) is 0 Å². The first-order valence-corrected chi connectivity index (χ1v) is 11.0. The number of hydrogen-bond acceptors (Lipinski definition) is 6. The third-order valence-corrected chi connectivity index (χ3v) is 6.38. The maximum atomic E-state index is 12.8. The van der Waals surface area contributed by atoms with Crippen molar-refractivity contribution in [3.63, 3.8) is 0 Å². The van der Waals surface area contributed by atoms with Gasteiger partial charge in [-0.25, -0.2) is 13.2 Å². The summed E-state index contributed by atoms with van der Waals surface area (Å²) in [6.45, 7) is -0.506. The van der Waals surface area contributed by atoms with Crippen molar-refractivity contribution in [2.45, 2.75) is 4.90 Å². The molecule has 0 spiro atoms. The summed E-state index contributed by atoms with van der Waals surface area (Å²) in [7, 11) is -0.866. The lowest BCUT2D eigenvalue weighted by molar-refractivity contribution is -0.119. The van der Waals surface area contributed by atoms with Crippen LogP contribution in [0.15, 0.2) is 83.8 Å². The maximum Gasteiger partial charge on any atom is 0.338 e. The SMILES string of the molecule is COc1ccccc1NC(=O)COC(=O)c1ccc(S(=O)(=O)N(C)c2ccccc2)cc1. The van der Waals surface area contributed by atoms with Crippen LogP contribution in [0.4, 0.5) is 11.4 Å². The molecule has 0 saturated heterocycles. The topological polar surface area (TPSA) is 102 Å². The molecule has 8 nitrogen and oxygen atoms in total. The zero-order valence-electron chi connectivity index (χ0n) is 17.5. The van der Waals surface area contributed by atoms with Crippen molar-refractivity contribution < 1.29 is 27.5 Å². The maximum absolute atomic E-state index is 12.8. The number of rotatable bonds is 8. The molecule has 0 aromatic heterocycles. The molecule has 0 unspecified atom stereocenters. The highest BCUT2D eigenvalue weighted by atomic mass is 32.2. The van der Waals surface area contributed by atoms with Crippen LogP contribution in [0.25, 0.3) is 0 Å². The second kappa shape index (κ2) is 9.97. The Morgan fingerprint density at radius 3 is 2.19 bits per heavy atom. The second-order valence-corrected chi connectivity index (χ2v) is 8.63. The van der Waals surface area contributed by atoms with Gasteiger partial charge in [-0.05, 0) is 48.5 Å². The van der Waals surface area contributed by atoms with Crippen LogP contribution in [-0.2, 0) is 19.6 Å². The van der Waals surface area contributed by atoms with Crippen LogP contribution in [0.3, 0.4) is 0 Å². The Hall–Kier alpha value is -3.85. The summed E-state index contributed by atoms with van der Waals surface area (Å²) in [5.74, 6) is -0.809. The van der Waals surface area contributed by atoms with Crippen LogP contribution in [0.2, 0.25) is 0 Å². The van der Waals surface area contributed by atoms with Gasteiger partial charge in [0, 0.05) is 7.05 Å². The molecule has 166 valence electrons. The molecule has 0 aliphatic carbocycles. The van der Waals surface area contributed by atoms with E-state index in [1.54, 1.807) is 54.6 Å². The fraction of sp³-hybridized carbons (Fsp3) is 0.130. The highest BCUT2D eigenvalue weighted by molar-refractivity contribution is 7.92. The zero-order valence-corrected chi connectivity index (χ0v) is 18.3. The Labute approximate surface area is 186 Å². The molecule has 0 aliphatic heterocycles. The number of esters is 1. The third-order valence-electron chi connectivity index (χ3n) is 4.58. The van der Waals surface area contributed by atoms with Gasteiger partial charge in [-0.3, -0.25) is 9.10 Å². The number of para-hydroxylation sites is 3. The molecule has 0 fully saturated rings. The number of carbonyl (C=O) groups excluding carboxylic acids is 2. The summed E-state index contributed by atoms with van der Waals surface area (Å²) >= 11 is 0. The molecule has 0 aliphatic rings. The van der Waals surface area contributed by atoms with Gasteiger partial charge in [0.2, 0.25) is 0 Å². The van der Waals surface area contributed by atoms with E-state index in [0.717, 1.165) is 4.31 Å². The van der Waals surface area contributed by atoms with Crippen LogP contribution in [-0.4, -0.2) is 41.1 Å². The van der Waals surface area contributed by atoms with Gasteiger partial charge in [0.15, 0.2) is 6.61 Å². The fourth-order valence-electron chi connectivity index (χ4n) is 2.85. The number of nitrogens with zero attached hydrogens (tertiary/aromatic N) is 1. The minimum Gasteiger partial charge on any atom is -0.495 e. The van der Waals surface area contributed by atoms with Gasteiger partial charge in [0.1, 0.15) is 5.75 Å². The number of benzene rings is 3. The predicted octanol–water partition coefficient (Wildman–Crippen LogP) is 3.32. The summed E-state index contributed by atoms with van der Waals surface area (Å²) in [6, 6.07) is 20.8. The summed E-state index contributed by atoms with van der Waals surface area (Å²) < 4.78 is 36.9. The molecule has 3 aromatic rings. The average molecular weight is 455 g/mol. The van der Waals surface area contributed by atoms with Crippen molar-refractivity contribution in [3.8, 4) is 5.75 Å². The standard InChI is InChI=1S/C23H22N2O6S/c1-25(18-8-4-3-5-9-18)32(28,29)19-14-12-17(13-15-19)23(27)31-16-22(26)24-20-10-6-7-11-21(20)30-2/h3-15H,16H2,1-2H3,(H,24,26).